The summed E-state index contributed by atoms with van der Waals surface area (Å²) in [5, 5.41) is 0. The molecule has 0 spiro atoms. The van der Waals surface area contributed by atoms with Crippen LogP contribution in [-0.4, -0.2) is 60.6 Å². The highest BCUT2D eigenvalue weighted by Gasteiger charge is 2.52. The summed E-state index contributed by atoms with van der Waals surface area (Å²) in [4.78, 5) is 20.7. The van der Waals surface area contributed by atoms with Crippen molar-refractivity contribution >= 4 is 44.1 Å². The molecule has 0 aliphatic heterocycles. The Kier molecular flexibility index (Phi) is 7.33. The molecule has 0 radical (unpaired) electrons. The van der Waals surface area contributed by atoms with Gasteiger partial charge in [0, 0.05) is 60.1 Å². The van der Waals surface area contributed by atoms with Crippen molar-refractivity contribution in [3.63, 3.8) is 0 Å². The van der Waals surface area contributed by atoms with Gasteiger partial charge in [0.1, 0.15) is 24.7 Å². The third-order valence-corrected chi connectivity index (χ3v) is 13.3. The molecule has 4 atom stereocenters. The lowest BCUT2D eigenvalue weighted by atomic mass is 9.55. The minimum Gasteiger partial charge on any atom is -0.491 e. The van der Waals surface area contributed by atoms with Crippen molar-refractivity contribution in [1.82, 2.24) is 19.9 Å². The average molecular weight is 783 g/mol. The molecule has 2 heterocycles. The molecule has 60 heavy (non-hydrogen) atoms. The van der Waals surface area contributed by atoms with Gasteiger partial charge in [0.2, 0.25) is 0 Å². The van der Waals surface area contributed by atoms with Crippen molar-refractivity contribution in [2.24, 2.45) is 0 Å². The molecular formula is C52H38N4O4. The summed E-state index contributed by atoms with van der Waals surface area (Å²) in [6, 6.07) is 43.2. The molecule has 0 amide bonds. The maximum Gasteiger partial charge on any atom is 0.128 e. The Balaban J connectivity index is 1.15. The van der Waals surface area contributed by atoms with E-state index in [1.165, 1.54) is 66.8 Å². The van der Waals surface area contributed by atoms with E-state index in [9.17, 15) is 0 Å². The monoisotopic (exact) mass is 782 g/mol. The van der Waals surface area contributed by atoms with E-state index in [0.717, 1.165) is 55.6 Å². The number of rotatable bonds is 8. The third-order valence-electron chi connectivity index (χ3n) is 13.3. The van der Waals surface area contributed by atoms with Crippen LogP contribution in [0.25, 0.3) is 44.1 Å². The van der Waals surface area contributed by atoms with E-state index >= 15 is 0 Å². The molecule has 15 rings (SSSR count). The SMILES string of the molecule is COCCOc1c2c(c(OCCOC)c3c1[C@H]1c4ccccc4[C@@H]3c3cc4nc5ccccc5nc4cc31)[C@H]1c3ccccc3[C@@H]2c2cc3nc4ccccc4nc3cc21. The number of ether oxygens (including phenoxy) is 4. The van der Waals surface area contributed by atoms with Crippen molar-refractivity contribution < 1.29 is 18.9 Å². The smallest absolute Gasteiger partial charge is 0.128 e. The summed E-state index contributed by atoms with van der Waals surface area (Å²) in [5.74, 6) is 1.32. The van der Waals surface area contributed by atoms with Gasteiger partial charge in [-0.25, -0.2) is 19.9 Å². The van der Waals surface area contributed by atoms with Crippen molar-refractivity contribution in [3.05, 3.63) is 188 Å². The Bertz CT molecular complexity index is 2890. The Morgan fingerprint density at radius 3 is 0.867 bits per heavy atom. The number of hydrogen-bond donors (Lipinski definition) is 0. The first-order valence-electron chi connectivity index (χ1n) is 20.8. The molecule has 8 heteroatoms. The molecule has 2 aromatic heterocycles. The second-order valence-electron chi connectivity index (χ2n) is 16.3. The van der Waals surface area contributed by atoms with Gasteiger partial charge in [-0.2, -0.15) is 0 Å². The number of para-hydroxylation sites is 4. The average Bonchev–Trinajstić information content (AvgIpc) is 3.29. The fourth-order valence-electron chi connectivity index (χ4n) is 11.1. The molecule has 7 aromatic carbocycles. The lowest BCUT2D eigenvalue weighted by molar-refractivity contribution is 0.141. The van der Waals surface area contributed by atoms with Crippen molar-refractivity contribution in [2.75, 3.05) is 40.6 Å². The molecule has 9 aromatic rings. The highest BCUT2D eigenvalue weighted by Crippen LogP contribution is 2.68. The van der Waals surface area contributed by atoms with E-state index in [0.29, 0.717) is 26.4 Å². The van der Waals surface area contributed by atoms with Gasteiger partial charge in [0.05, 0.1) is 57.3 Å². The topological polar surface area (TPSA) is 88.5 Å². The maximum absolute atomic E-state index is 7.22. The minimum atomic E-state index is -0.134. The predicted octanol–water partition coefficient (Wildman–Crippen LogP) is 9.90. The van der Waals surface area contributed by atoms with E-state index < -0.39 is 0 Å². The summed E-state index contributed by atoms with van der Waals surface area (Å²) >= 11 is 0. The summed E-state index contributed by atoms with van der Waals surface area (Å²) in [6.07, 6.45) is 0. The van der Waals surface area contributed by atoms with Crippen LogP contribution in [0, 0.1) is 0 Å². The van der Waals surface area contributed by atoms with Crippen LogP contribution < -0.4 is 9.47 Å². The van der Waals surface area contributed by atoms with Crippen LogP contribution >= 0.6 is 0 Å². The normalized spacial score (nSPS) is 18.6. The molecule has 0 N–H and O–H groups in total. The first kappa shape index (κ1) is 34.2. The van der Waals surface area contributed by atoms with E-state index in [-0.39, 0.29) is 23.7 Å². The number of nitrogens with zero attached hydrogens (tertiary/aromatic N) is 4. The first-order valence-corrected chi connectivity index (χ1v) is 20.8. The van der Waals surface area contributed by atoms with Crippen LogP contribution in [0.15, 0.2) is 121 Å². The van der Waals surface area contributed by atoms with Gasteiger partial charge >= 0.3 is 0 Å². The number of methoxy groups -OCH3 is 2. The molecule has 0 saturated heterocycles. The van der Waals surface area contributed by atoms with Crippen LogP contribution in [0.3, 0.4) is 0 Å². The highest BCUT2D eigenvalue weighted by atomic mass is 16.5. The maximum atomic E-state index is 7.22. The quantitative estimate of drug-likeness (QED) is 0.111. The molecule has 0 saturated carbocycles. The molecule has 0 fully saturated rings. The Morgan fingerprint density at radius 1 is 0.333 bits per heavy atom. The van der Waals surface area contributed by atoms with E-state index in [1.54, 1.807) is 14.2 Å². The molecule has 4 bridgehead atoms. The predicted molar refractivity (Wildman–Crippen MR) is 232 cm³/mol. The zero-order valence-electron chi connectivity index (χ0n) is 33.1. The number of aromatic nitrogens is 4. The second kappa shape index (κ2) is 12.9. The fourth-order valence-corrected chi connectivity index (χ4v) is 11.1. The van der Waals surface area contributed by atoms with Crippen LogP contribution in [0.5, 0.6) is 11.5 Å². The van der Waals surface area contributed by atoms with Crippen molar-refractivity contribution in [2.45, 2.75) is 23.7 Å². The Hall–Kier alpha value is -6.74. The molecule has 0 unspecified atom stereocenters. The van der Waals surface area contributed by atoms with Gasteiger partial charge < -0.3 is 18.9 Å². The van der Waals surface area contributed by atoms with Crippen LogP contribution in [0.2, 0.25) is 0 Å². The minimum absolute atomic E-state index is 0.134. The van der Waals surface area contributed by atoms with Crippen LogP contribution in [0.1, 0.15) is 90.4 Å². The van der Waals surface area contributed by atoms with Gasteiger partial charge in [-0.3, -0.25) is 0 Å². The van der Waals surface area contributed by atoms with Gasteiger partial charge in [0.25, 0.3) is 0 Å². The van der Waals surface area contributed by atoms with Gasteiger partial charge in [0.15, 0.2) is 0 Å². The van der Waals surface area contributed by atoms with Gasteiger partial charge in [-0.05, 0) is 93.0 Å². The highest BCUT2D eigenvalue weighted by molar-refractivity contribution is 5.92. The lowest BCUT2D eigenvalue weighted by Crippen LogP contribution is -2.34. The van der Waals surface area contributed by atoms with Crippen LogP contribution in [-0.2, 0) is 9.47 Å². The summed E-state index contributed by atoms with van der Waals surface area (Å²) < 4.78 is 25.8. The van der Waals surface area contributed by atoms with Crippen molar-refractivity contribution in [1.29, 1.82) is 0 Å². The zero-order chi connectivity index (χ0) is 39.6. The van der Waals surface area contributed by atoms with E-state index in [2.05, 4.69) is 72.8 Å². The largest absolute Gasteiger partial charge is 0.491 e. The fraction of sp³-hybridized carbons (Fsp3) is 0.192. The van der Waals surface area contributed by atoms with E-state index in [1.807, 2.05) is 48.5 Å². The van der Waals surface area contributed by atoms with Gasteiger partial charge in [-0.1, -0.05) is 72.8 Å². The van der Waals surface area contributed by atoms with Crippen molar-refractivity contribution in [3.8, 4) is 11.5 Å². The summed E-state index contributed by atoms with van der Waals surface area (Å²) in [7, 11) is 3.46. The zero-order valence-corrected chi connectivity index (χ0v) is 33.1. The molecule has 290 valence electrons. The number of hydrogen-bond acceptors (Lipinski definition) is 8. The molecule has 8 nitrogen and oxygen atoms in total. The summed E-state index contributed by atoms with van der Waals surface area (Å²) in [6.45, 7) is 1.72. The third kappa shape index (κ3) is 4.63. The molecule has 6 aliphatic carbocycles. The van der Waals surface area contributed by atoms with Gasteiger partial charge in [-0.15, -0.1) is 0 Å². The standard InChI is InChI=1S/C52H38N4O4/c1-57-19-21-59-51-47-43-27-11-3-5-13-29(27)45(33-25-41-39(23-31(33)43)53-35-15-7-9-17-37(35)55-41)49(47)52(60-22-20-58-2)50-46-30-14-6-4-12-28(30)44(48(50)51)32-24-40-42(26-34(32)46)56-38-18-10-8-16-36(38)54-40/h3-18,23-26,43-46H,19-22H2,1-2H3/t43-,44+,45+,46-. The number of fused-ring (bicyclic) bond motifs is 4. The van der Waals surface area contributed by atoms with Crippen LogP contribution in [0.4, 0.5) is 0 Å². The molecule has 6 aliphatic rings. The molecular weight excluding hydrogens is 745 g/mol. The first-order chi connectivity index (χ1) is 29.7. The summed E-state index contributed by atoms with van der Waals surface area (Å²) in [5.41, 5.74) is 21.8. The lowest BCUT2D eigenvalue weighted by Gasteiger charge is -2.49. The van der Waals surface area contributed by atoms with E-state index in [4.69, 9.17) is 38.9 Å². The number of benzene rings is 7. The Morgan fingerprint density at radius 2 is 0.600 bits per heavy atom. The second-order valence-corrected chi connectivity index (χ2v) is 16.3. The Labute approximate surface area is 345 Å².